The third kappa shape index (κ3) is 0.963. The van der Waals surface area contributed by atoms with Gasteiger partial charge in [-0.3, -0.25) is 9.79 Å². The SMILES string of the molecule is O=CC1=CC2=NC=C[C@H]2C=C1. The molecule has 2 nitrogen and oxygen atoms in total. The Bertz CT molecular complexity index is 308. The molecule has 2 heteroatoms. The third-order valence-corrected chi connectivity index (χ3v) is 1.81. The van der Waals surface area contributed by atoms with Gasteiger partial charge in [0.1, 0.15) is 6.29 Å². The van der Waals surface area contributed by atoms with Gasteiger partial charge < -0.3 is 0 Å². The fourth-order valence-electron chi connectivity index (χ4n) is 1.21. The lowest BCUT2D eigenvalue weighted by molar-refractivity contribution is -0.104. The summed E-state index contributed by atoms with van der Waals surface area (Å²) in [5, 5.41) is 0. The molecule has 1 aliphatic heterocycles. The molecule has 0 radical (unpaired) electrons. The number of allylic oxidation sites excluding steroid dienone is 5. The first-order chi connectivity index (χ1) is 5.40. The maximum absolute atomic E-state index is 10.4. The molecule has 0 unspecified atom stereocenters. The van der Waals surface area contributed by atoms with Crippen LogP contribution in [0.5, 0.6) is 0 Å². The van der Waals surface area contributed by atoms with E-state index in [0.29, 0.717) is 11.5 Å². The summed E-state index contributed by atoms with van der Waals surface area (Å²) in [5.41, 5.74) is 1.67. The summed E-state index contributed by atoms with van der Waals surface area (Å²) in [6.07, 6.45) is 10.2. The predicted molar refractivity (Wildman–Crippen MR) is 43.4 cm³/mol. The van der Waals surface area contributed by atoms with Crippen LogP contribution in [0.4, 0.5) is 0 Å². The number of nitrogens with zero attached hydrogens (tertiary/aromatic N) is 1. The van der Waals surface area contributed by atoms with Crippen LogP contribution in [0.2, 0.25) is 0 Å². The van der Waals surface area contributed by atoms with Crippen molar-refractivity contribution in [3.8, 4) is 0 Å². The summed E-state index contributed by atoms with van der Waals surface area (Å²) in [7, 11) is 0. The van der Waals surface area contributed by atoms with E-state index in [4.69, 9.17) is 0 Å². The first kappa shape index (κ1) is 6.28. The Hall–Kier alpha value is -1.44. The Balaban J connectivity index is 2.36. The van der Waals surface area contributed by atoms with Crippen molar-refractivity contribution in [2.45, 2.75) is 0 Å². The molecule has 0 aromatic carbocycles. The second-order valence-electron chi connectivity index (χ2n) is 2.54. The first-order valence-corrected chi connectivity index (χ1v) is 3.49. The highest BCUT2D eigenvalue weighted by atomic mass is 16.1. The number of rotatable bonds is 1. The molecule has 2 aliphatic rings. The highest BCUT2D eigenvalue weighted by Gasteiger charge is 2.15. The molecule has 1 atom stereocenters. The zero-order chi connectivity index (χ0) is 7.68. The molecule has 0 aromatic rings. The number of carbonyl (C=O) groups is 1. The van der Waals surface area contributed by atoms with Crippen LogP contribution in [0.25, 0.3) is 0 Å². The highest BCUT2D eigenvalue weighted by molar-refractivity contribution is 6.06. The largest absolute Gasteiger partial charge is 0.298 e. The average Bonchev–Trinajstić information content (AvgIpc) is 2.50. The molecule has 1 heterocycles. The molecular formula is C9H7NO. The smallest absolute Gasteiger partial charge is 0.150 e. The Labute approximate surface area is 64.6 Å². The lowest BCUT2D eigenvalue weighted by atomic mass is 9.96. The average molecular weight is 145 g/mol. The standard InChI is InChI=1S/C9H7NO/c11-6-7-1-2-8-3-4-10-9(8)5-7/h1-6,8H/t8-/m1/s1. The van der Waals surface area contributed by atoms with E-state index < -0.39 is 0 Å². The molecule has 0 spiro atoms. The number of hydrogen-bond donors (Lipinski definition) is 0. The Kier molecular flexibility index (Phi) is 1.32. The van der Waals surface area contributed by atoms with Crippen LogP contribution in [0.3, 0.4) is 0 Å². The normalized spacial score (nSPS) is 26.0. The number of hydrogen-bond acceptors (Lipinski definition) is 2. The van der Waals surface area contributed by atoms with Gasteiger partial charge in [-0.25, -0.2) is 0 Å². The van der Waals surface area contributed by atoms with E-state index in [2.05, 4.69) is 4.99 Å². The molecule has 0 fully saturated rings. The Morgan fingerprint density at radius 2 is 2.36 bits per heavy atom. The van der Waals surface area contributed by atoms with Crippen LogP contribution in [0, 0.1) is 5.92 Å². The van der Waals surface area contributed by atoms with Crippen molar-refractivity contribution in [1.82, 2.24) is 0 Å². The van der Waals surface area contributed by atoms with Crippen LogP contribution >= 0.6 is 0 Å². The molecule has 0 aromatic heterocycles. The van der Waals surface area contributed by atoms with E-state index >= 15 is 0 Å². The van der Waals surface area contributed by atoms with Gasteiger partial charge in [-0.2, -0.15) is 0 Å². The van der Waals surface area contributed by atoms with Gasteiger partial charge in [-0.15, -0.1) is 0 Å². The Morgan fingerprint density at radius 3 is 3.18 bits per heavy atom. The van der Waals surface area contributed by atoms with E-state index in [1.54, 1.807) is 6.20 Å². The predicted octanol–water partition coefficient (Wildman–Crippen LogP) is 1.27. The summed E-state index contributed by atoms with van der Waals surface area (Å²) in [5.74, 6) is 0.304. The topological polar surface area (TPSA) is 29.4 Å². The summed E-state index contributed by atoms with van der Waals surface area (Å²) < 4.78 is 0. The van der Waals surface area contributed by atoms with Crippen LogP contribution in [-0.2, 0) is 4.79 Å². The molecule has 0 bridgehead atoms. The second-order valence-corrected chi connectivity index (χ2v) is 2.54. The van der Waals surface area contributed by atoms with E-state index in [1.807, 2.05) is 24.3 Å². The van der Waals surface area contributed by atoms with Crippen LogP contribution in [-0.4, -0.2) is 12.0 Å². The molecule has 2 rings (SSSR count). The number of fused-ring (bicyclic) bond motifs is 1. The molecule has 1 aliphatic carbocycles. The van der Waals surface area contributed by atoms with Gasteiger partial charge in [0.15, 0.2) is 0 Å². The van der Waals surface area contributed by atoms with Gasteiger partial charge >= 0.3 is 0 Å². The zero-order valence-electron chi connectivity index (χ0n) is 5.90. The monoisotopic (exact) mass is 145 g/mol. The molecule has 0 saturated heterocycles. The van der Waals surface area contributed by atoms with Gasteiger partial charge in [-0.1, -0.05) is 18.2 Å². The summed E-state index contributed by atoms with van der Waals surface area (Å²) >= 11 is 0. The van der Waals surface area contributed by atoms with E-state index in [-0.39, 0.29) is 0 Å². The summed E-state index contributed by atoms with van der Waals surface area (Å²) in [6, 6.07) is 0. The minimum Gasteiger partial charge on any atom is -0.298 e. The van der Waals surface area contributed by atoms with Crippen molar-refractivity contribution in [2.24, 2.45) is 10.9 Å². The number of aldehydes is 1. The molecular weight excluding hydrogens is 138 g/mol. The molecule has 0 saturated carbocycles. The van der Waals surface area contributed by atoms with Gasteiger partial charge in [0.2, 0.25) is 0 Å². The van der Waals surface area contributed by atoms with E-state index in [1.165, 1.54) is 0 Å². The molecule has 0 amide bonds. The fraction of sp³-hybridized carbons (Fsp3) is 0.111. The van der Waals surface area contributed by atoms with E-state index in [9.17, 15) is 4.79 Å². The first-order valence-electron chi connectivity index (χ1n) is 3.49. The minimum atomic E-state index is 0.304. The van der Waals surface area contributed by atoms with Crippen molar-refractivity contribution in [3.05, 3.63) is 36.1 Å². The van der Waals surface area contributed by atoms with Crippen molar-refractivity contribution >= 4 is 12.0 Å². The van der Waals surface area contributed by atoms with Crippen LogP contribution in [0.1, 0.15) is 0 Å². The summed E-state index contributed by atoms with van der Waals surface area (Å²) in [4.78, 5) is 14.5. The zero-order valence-corrected chi connectivity index (χ0v) is 5.90. The van der Waals surface area contributed by atoms with Crippen molar-refractivity contribution in [2.75, 3.05) is 0 Å². The van der Waals surface area contributed by atoms with Gasteiger partial charge in [-0.05, 0) is 6.08 Å². The number of carbonyl (C=O) groups excluding carboxylic acids is 1. The highest BCUT2D eigenvalue weighted by Crippen LogP contribution is 2.18. The van der Waals surface area contributed by atoms with Gasteiger partial charge in [0.05, 0.1) is 5.71 Å². The maximum Gasteiger partial charge on any atom is 0.150 e. The van der Waals surface area contributed by atoms with Crippen LogP contribution < -0.4 is 0 Å². The van der Waals surface area contributed by atoms with Crippen molar-refractivity contribution in [1.29, 1.82) is 0 Å². The maximum atomic E-state index is 10.4. The van der Waals surface area contributed by atoms with Crippen molar-refractivity contribution in [3.63, 3.8) is 0 Å². The van der Waals surface area contributed by atoms with Crippen LogP contribution in [0.15, 0.2) is 41.1 Å². The third-order valence-electron chi connectivity index (χ3n) is 1.81. The molecule has 0 N–H and O–H groups in total. The van der Waals surface area contributed by atoms with E-state index in [0.717, 1.165) is 12.0 Å². The lowest BCUT2D eigenvalue weighted by Crippen LogP contribution is -2.08. The molecule has 54 valence electrons. The number of aliphatic imine (C=N–C) groups is 1. The Morgan fingerprint density at radius 1 is 1.45 bits per heavy atom. The fourth-order valence-corrected chi connectivity index (χ4v) is 1.21. The van der Waals surface area contributed by atoms with Gasteiger partial charge in [0.25, 0.3) is 0 Å². The van der Waals surface area contributed by atoms with Crippen molar-refractivity contribution < 1.29 is 4.79 Å². The lowest BCUT2D eigenvalue weighted by Gasteiger charge is -2.07. The second kappa shape index (κ2) is 2.31. The van der Waals surface area contributed by atoms with Gasteiger partial charge in [0, 0.05) is 17.7 Å². The molecule has 11 heavy (non-hydrogen) atoms. The quantitative estimate of drug-likeness (QED) is 0.511. The summed E-state index contributed by atoms with van der Waals surface area (Å²) in [6.45, 7) is 0. The minimum absolute atomic E-state index is 0.304.